The van der Waals surface area contributed by atoms with Gasteiger partial charge in [-0.2, -0.15) is 4.31 Å². The summed E-state index contributed by atoms with van der Waals surface area (Å²) in [6.45, 7) is 3.92. The zero-order valence-electron chi connectivity index (χ0n) is 8.93. The molecule has 1 N–H and O–H groups in total. The Bertz CT molecular complexity index is 296. The second-order valence-corrected chi connectivity index (χ2v) is 5.81. The molecule has 4 nitrogen and oxygen atoms in total. The molecule has 0 aromatic rings. The summed E-state index contributed by atoms with van der Waals surface area (Å²) in [6, 6.07) is 0.154. The molecule has 0 saturated heterocycles. The van der Waals surface area contributed by atoms with E-state index in [2.05, 4.69) is 6.58 Å². The first-order valence-corrected chi connectivity index (χ1v) is 6.94. The van der Waals surface area contributed by atoms with Crippen LogP contribution >= 0.6 is 0 Å². The van der Waals surface area contributed by atoms with Crippen molar-refractivity contribution in [2.75, 3.05) is 18.9 Å². The molecule has 0 unspecified atom stereocenters. The largest absolute Gasteiger partial charge is 0.396 e. The number of hydrogen-bond acceptors (Lipinski definition) is 3. The van der Waals surface area contributed by atoms with Crippen molar-refractivity contribution < 1.29 is 13.5 Å². The van der Waals surface area contributed by atoms with E-state index in [1.54, 1.807) is 0 Å². The predicted octanol–water partition coefficient (Wildman–Crippen LogP) is 0.739. The SMILES string of the molecule is C=CCS(=O)(=O)N(CCCO)C1CCC1. The van der Waals surface area contributed by atoms with E-state index in [0.717, 1.165) is 19.3 Å². The van der Waals surface area contributed by atoms with E-state index in [-0.39, 0.29) is 18.4 Å². The minimum Gasteiger partial charge on any atom is -0.396 e. The number of rotatable bonds is 7. The van der Waals surface area contributed by atoms with Crippen molar-refractivity contribution in [3.8, 4) is 0 Å². The summed E-state index contributed by atoms with van der Waals surface area (Å²) in [5.74, 6) is -0.00503. The standard InChI is InChI=1S/C10H19NO3S/c1-2-9-15(13,14)11(7-4-8-12)10-5-3-6-10/h2,10,12H,1,3-9H2. The number of aliphatic hydroxyl groups is 1. The van der Waals surface area contributed by atoms with Gasteiger partial charge in [0.15, 0.2) is 0 Å². The van der Waals surface area contributed by atoms with Crippen LogP contribution in [-0.4, -0.2) is 42.8 Å². The fourth-order valence-electron chi connectivity index (χ4n) is 1.69. The van der Waals surface area contributed by atoms with Gasteiger partial charge in [-0.05, 0) is 19.3 Å². The molecule has 0 amide bonds. The third-order valence-corrected chi connectivity index (χ3v) is 4.56. The molecule has 0 aromatic heterocycles. The van der Waals surface area contributed by atoms with Gasteiger partial charge in [0.2, 0.25) is 10.0 Å². The van der Waals surface area contributed by atoms with Gasteiger partial charge >= 0.3 is 0 Å². The van der Waals surface area contributed by atoms with Crippen LogP contribution in [0.4, 0.5) is 0 Å². The fraction of sp³-hybridized carbons (Fsp3) is 0.800. The molecule has 0 radical (unpaired) electrons. The summed E-state index contributed by atoms with van der Waals surface area (Å²) in [5, 5.41) is 8.74. The minimum atomic E-state index is -3.20. The van der Waals surface area contributed by atoms with Crippen LogP contribution in [0.1, 0.15) is 25.7 Å². The Morgan fingerprint density at radius 3 is 2.53 bits per heavy atom. The summed E-state index contributed by atoms with van der Waals surface area (Å²) in [4.78, 5) is 0. The quantitative estimate of drug-likeness (QED) is 0.660. The Kier molecular flexibility index (Phi) is 4.76. The van der Waals surface area contributed by atoms with E-state index in [0.29, 0.717) is 13.0 Å². The summed E-state index contributed by atoms with van der Waals surface area (Å²) >= 11 is 0. The highest BCUT2D eigenvalue weighted by Gasteiger charge is 2.32. The van der Waals surface area contributed by atoms with Gasteiger partial charge in [0, 0.05) is 19.2 Å². The molecule has 0 aromatic carbocycles. The third-order valence-electron chi connectivity index (χ3n) is 2.70. The highest BCUT2D eigenvalue weighted by Crippen LogP contribution is 2.27. The molecule has 5 heteroatoms. The van der Waals surface area contributed by atoms with Gasteiger partial charge in [-0.1, -0.05) is 12.5 Å². The van der Waals surface area contributed by atoms with E-state index in [1.165, 1.54) is 10.4 Å². The van der Waals surface area contributed by atoms with Gasteiger partial charge in [0.05, 0.1) is 5.75 Å². The molecule has 1 aliphatic rings. The molecule has 0 bridgehead atoms. The number of aliphatic hydroxyl groups excluding tert-OH is 1. The Labute approximate surface area is 91.6 Å². The van der Waals surface area contributed by atoms with Crippen LogP contribution in [0.5, 0.6) is 0 Å². The monoisotopic (exact) mass is 233 g/mol. The molecular formula is C10H19NO3S. The van der Waals surface area contributed by atoms with Crippen molar-refractivity contribution in [2.45, 2.75) is 31.7 Å². The van der Waals surface area contributed by atoms with Crippen LogP contribution in [0.3, 0.4) is 0 Å². The Hall–Kier alpha value is -0.390. The van der Waals surface area contributed by atoms with Crippen LogP contribution in [0.15, 0.2) is 12.7 Å². The maximum absolute atomic E-state index is 11.8. The van der Waals surface area contributed by atoms with Gasteiger partial charge in [0.25, 0.3) is 0 Å². The minimum absolute atomic E-state index is 0.00503. The molecule has 1 rings (SSSR count). The Balaban J connectivity index is 2.65. The normalized spacial score (nSPS) is 17.7. The first kappa shape index (κ1) is 12.7. The van der Waals surface area contributed by atoms with Crippen LogP contribution in [0.25, 0.3) is 0 Å². The molecule has 0 atom stereocenters. The lowest BCUT2D eigenvalue weighted by atomic mass is 9.93. The van der Waals surface area contributed by atoms with Crippen molar-refractivity contribution in [2.24, 2.45) is 0 Å². The maximum atomic E-state index is 11.8. The van der Waals surface area contributed by atoms with Crippen molar-refractivity contribution >= 4 is 10.0 Å². The first-order chi connectivity index (χ1) is 7.11. The lowest BCUT2D eigenvalue weighted by Crippen LogP contribution is -2.45. The molecule has 15 heavy (non-hydrogen) atoms. The average Bonchev–Trinajstić information content (AvgIpc) is 2.08. The third kappa shape index (κ3) is 3.29. The molecule has 0 aliphatic heterocycles. The Morgan fingerprint density at radius 2 is 2.13 bits per heavy atom. The van der Waals surface area contributed by atoms with Crippen molar-refractivity contribution in [3.63, 3.8) is 0 Å². The molecule has 1 fully saturated rings. The molecular weight excluding hydrogens is 214 g/mol. The number of sulfonamides is 1. The molecule has 88 valence electrons. The number of nitrogens with zero attached hydrogens (tertiary/aromatic N) is 1. The van der Waals surface area contributed by atoms with E-state index < -0.39 is 10.0 Å². The van der Waals surface area contributed by atoms with Crippen LogP contribution < -0.4 is 0 Å². The van der Waals surface area contributed by atoms with E-state index >= 15 is 0 Å². The van der Waals surface area contributed by atoms with Gasteiger partial charge in [0.1, 0.15) is 0 Å². The van der Waals surface area contributed by atoms with Gasteiger partial charge in [-0.3, -0.25) is 0 Å². The fourth-order valence-corrected chi connectivity index (χ4v) is 3.26. The molecule has 1 saturated carbocycles. The second kappa shape index (κ2) is 5.63. The topological polar surface area (TPSA) is 57.6 Å². The van der Waals surface area contributed by atoms with Crippen LogP contribution in [-0.2, 0) is 10.0 Å². The van der Waals surface area contributed by atoms with Crippen molar-refractivity contribution in [1.82, 2.24) is 4.31 Å². The average molecular weight is 233 g/mol. The van der Waals surface area contributed by atoms with Crippen molar-refractivity contribution in [3.05, 3.63) is 12.7 Å². The zero-order valence-corrected chi connectivity index (χ0v) is 9.75. The maximum Gasteiger partial charge on any atom is 0.217 e. The smallest absolute Gasteiger partial charge is 0.217 e. The molecule has 0 spiro atoms. The highest BCUT2D eigenvalue weighted by atomic mass is 32.2. The molecule has 0 heterocycles. The van der Waals surface area contributed by atoms with Crippen molar-refractivity contribution in [1.29, 1.82) is 0 Å². The van der Waals surface area contributed by atoms with E-state index in [1.807, 2.05) is 0 Å². The number of hydrogen-bond donors (Lipinski definition) is 1. The van der Waals surface area contributed by atoms with Crippen LogP contribution in [0, 0.1) is 0 Å². The summed E-state index contributed by atoms with van der Waals surface area (Å²) in [6.07, 6.45) is 4.92. The highest BCUT2D eigenvalue weighted by molar-refractivity contribution is 7.89. The molecule has 1 aliphatic carbocycles. The van der Waals surface area contributed by atoms with Crippen LogP contribution in [0.2, 0.25) is 0 Å². The Morgan fingerprint density at radius 1 is 1.47 bits per heavy atom. The zero-order chi connectivity index (χ0) is 11.3. The lowest BCUT2D eigenvalue weighted by molar-refractivity contribution is 0.199. The van der Waals surface area contributed by atoms with Gasteiger partial charge in [-0.15, -0.1) is 6.58 Å². The summed E-state index contributed by atoms with van der Waals surface area (Å²) in [7, 11) is -3.20. The van der Waals surface area contributed by atoms with Gasteiger partial charge in [-0.25, -0.2) is 8.42 Å². The lowest BCUT2D eigenvalue weighted by Gasteiger charge is -2.36. The van der Waals surface area contributed by atoms with E-state index in [4.69, 9.17) is 5.11 Å². The first-order valence-electron chi connectivity index (χ1n) is 5.33. The van der Waals surface area contributed by atoms with E-state index in [9.17, 15) is 8.42 Å². The van der Waals surface area contributed by atoms with Gasteiger partial charge < -0.3 is 5.11 Å². The summed E-state index contributed by atoms with van der Waals surface area (Å²) < 4.78 is 25.2. The summed E-state index contributed by atoms with van der Waals surface area (Å²) in [5.41, 5.74) is 0. The second-order valence-electron chi connectivity index (χ2n) is 3.84. The predicted molar refractivity (Wildman–Crippen MR) is 60.0 cm³/mol.